The lowest BCUT2D eigenvalue weighted by molar-refractivity contribution is 0.204. The van der Waals surface area contributed by atoms with Crippen molar-refractivity contribution in [2.24, 2.45) is 5.73 Å². The van der Waals surface area contributed by atoms with E-state index in [1.54, 1.807) is 7.11 Å². The quantitative estimate of drug-likeness (QED) is 0.779. The van der Waals surface area contributed by atoms with Gasteiger partial charge < -0.3 is 15.2 Å². The van der Waals surface area contributed by atoms with Crippen LogP contribution < -0.4 is 15.2 Å². The van der Waals surface area contributed by atoms with Crippen molar-refractivity contribution in [1.82, 2.24) is 0 Å². The fraction of sp³-hybridized carbons (Fsp3) is 0.455. The monoisotopic (exact) mass is 195 g/mol. The van der Waals surface area contributed by atoms with Crippen LogP contribution in [-0.2, 0) is 0 Å². The number of benzene rings is 1. The maximum Gasteiger partial charge on any atom is 0.123 e. The molecule has 14 heavy (non-hydrogen) atoms. The lowest BCUT2D eigenvalue weighted by Crippen LogP contribution is -2.25. The fourth-order valence-corrected chi connectivity index (χ4v) is 1.17. The van der Waals surface area contributed by atoms with Crippen LogP contribution in [0.25, 0.3) is 0 Å². The molecule has 0 aliphatic carbocycles. The van der Waals surface area contributed by atoms with Crippen molar-refractivity contribution in [2.75, 3.05) is 13.7 Å². The molecule has 1 rings (SSSR count). The second kappa shape index (κ2) is 5.50. The highest BCUT2D eigenvalue weighted by atomic mass is 16.5. The molecular formula is C11H17NO2. The summed E-state index contributed by atoms with van der Waals surface area (Å²) in [4.78, 5) is 0. The van der Waals surface area contributed by atoms with E-state index < -0.39 is 0 Å². The third-order valence-corrected chi connectivity index (χ3v) is 2.06. The van der Waals surface area contributed by atoms with Crippen LogP contribution in [0, 0.1) is 0 Å². The predicted octanol–water partition coefficient (Wildman–Crippen LogP) is 1.81. The average Bonchev–Trinajstić information content (AvgIpc) is 2.26. The molecule has 0 aliphatic rings. The Balaban J connectivity index is 2.65. The lowest BCUT2D eigenvalue weighted by atomic mass is 10.2. The van der Waals surface area contributed by atoms with Crippen LogP contribution in [0.4, 0.5) is 0 Å². The van der Waals surface area contributed by atoms with E-state index in [2.05, 4.69) is 6.92 Å². The first kappa shape index (κ1) is 10.9. The second-order valence-corrected chi connectivity index (χ2v) is 3.06. The van der Waals surface area contributed by atoms with Crippen LogP contribution in [0.1, 0.15) is 13.3 Å². The molecule has 0 bridgehead atoms. The summed E-state index contributed by atoms with van der Waals surface area (Å²) in [6, 6.07) is 7.55. The van der Waals surface area contributed by atoms with E-state index >= 15 is 0 Å². The Hall–Kier alpha value is -1.22. The fourth-order valence-electron chi connectivity index (χ4n) is 1.17. The molecule has 2 N–H and O–H groups in total. The van der Waals surface area contributed by atoms with Crippen molar-refractivity contribution in [2.45, 2.75) is 19.4 Å². The van der Waals surface area contributed by atoms with E-state index in [0.29, 0.717) is 6.54 Å². The van der Waals surface area contributed by atoms with Crippen molar-refractivity contribution in [1.29, 1.82) is 0 Å². The van der Waals surface area contributed by atoms with E-state index in [0.717, 1.165) is 17.9 Å². The molecule has 0 fully saturated rings. The zero-order valence-electron chi connectivity index (χ0n) is 8.69. The molecule has 1 unspecified atom stereocenters. The minimum atomic E-state index is 0.0853. The van der Waals surface area contributed by atoms with Gasteiger partial charge in [0.05, 0.1) is 7.11 Å². The van der Waals surface area contributed by atoms with E-state index in [-0.39, 0.29) is 6.10 Å². The zero-order chi connectivity index (χ0) is 10.4. The topological polar surface area (TPSA) is 44.5 Å². The van der Waals surface area contributed by atoms with Crippen LogP contribution in [0.2, 0.25) is 0 Å². The van der Waals surface area contributed by atoms with Crippen LogP contribution in [0.5, 0.6) is 11.5 Å². The number of nitrogens with two attached hydrogens (primary N) is 1. The van der Waals surface area contributed by atoms with Gasteiger partial charge in [0, 0.05) is 12.6 Å². The van der Waals surface area contributed by atoms with E-state index in [4.69, 9.17) is 15.2 Å². The van der Waals surface area contributed by atoms with Crippen molar-refractivity contribution in [3.8, 4) is 11.5 Å². The van der Waals surface area contributed by atoms with Gasteiger partial charge in [0.25, 0.3) is 0 Å². The lowest BCUT2D eigenvalue weighted by Gasteiger charge is -2.15. The van der Waals surface area contributed by atoms with Crippen molar-refractivity contribution in [3.05, 3.63) is 24.3 Å². The molecule has 1 atom stereocenters. The Bertz CT molecular complexity index is 272. The molecule has 78 valence electrons. The minimum absolute atomic E-state index is 0.0853. The summed E-state index contributed by atoms with van der Waals surface area (Å²) in [5.74, 6) is 1.61. The average molecular weight is 195 g/mol. The van der Waals surface area contributed by atoms with Gasteiger partial charge in [0.15, 0.2) is 0 Å². The molecule has 0 heterocycles. The Morgan fingerprint density at radius 3 is 2.64 bits per heavy atom. The molecule has 0 radical (unpaired) electrons. The summed E-state index contributed by atoms with van der Waals surface area (Å²) >= 11 is 0. The summed E-state index contributed by atoms with van der Waals surface area (Å²) in [5.41, 5.74) is 5.55. The number of rotatable bonds is 5. The van der Waals surface area contributed by atoms with E-state index in [9.17, 15) is 0 Å². The smallest absolute Gasteiger partial charge is 0.123 e. The largest absolute Gasteiger partial charge is 0.497 e. The summed E-state index contributed by atoms with van der Waals surface area (Å²) in [5, 5.41) is 0. The molecular weight excluding hydrogens is 178 g/mol. The molecule has 0 aliphatic heterocycles. The Morgan fingerprint density at radius 1 is 1.36 bits per heavy atom. The van der Waals surface area contributed by atoms with Crippen LogP contribution in [0.15, 0.2) is 24.3 Å². The molecule has 0 spiro atoms. The van der Waals surface area contributed by atoms with Crippen molar-refractivity contribution < 1.29 is 9.47 Å². The van der Waals surface area contributed by atoms with Crippen LogP contribution in [0.3, 0.4) is 0 Å². The number of hydrogen-bond donors (Lipinski definition) is 1. The van der Waals surface area contributed by atoms with Crippen molar-refractivity contribution in [3.63, 3.8) is 0 Å². The van der Waals surface area contributed by atoms with E-state index in [1.165, 1.54) is 0 Å². The van der Waals surface area contributed by atoms with Gasteiger partial charge in [-0.2, -0.15) is 0 Å². The SMILES string of the molecule is CCC(CN)Oc1cccc(OC)c1. The van der Waals surface area contributed by atoms with Gasteiger partial charge >= 0.3 is 0 Å². The highest BCUT2D eigenvalue weighted by Gasteiger charge is 2.05. The van der Waals surface area contributed by atoms with Gasteiger partial charge in [-0.05, 0) is 18.6 Å². The maximum absolute atomic E-state index is 5.65. The van der Waals surface area contributed by atoms with Crippen molar-refractivity contribution >= 4 is 0 Å². The summed E-state index contributed by atoms with van der Waals surface area (Å²) in [7, 11) is 1.64. The molecule has 0 saturated carbocycles. The zero-order valence-corrected chi connectivity index (χ0v) is 8.69. The van der Waals surface area contributed by atoms with Gasteiger partial charge in [-0.15, -0.1) is 0 Å². The normalized spacial score (nSPS) is 12.2. The molecule has 3 heteroatoms. The molecule has 0 saturated heterocycles. The summed E-state index contributed by atoms with van der Waals surface area (Å²) in [6.45, 7) is 2.59. The molecule has 3 nitrogen and oxygen atoms in total. The predicted molar refractivity (Wildman–Crippen MR) is 56.8 cm³/mol. The second-order valence-electron chi connectivity index (χ2n) is 3.06. The minimum Gasteiger partial charge on any atom is -0.497 e. The maximum atomic E-state index is 5.65. The van der Waals surface area contributed by atoms with Gasteiger partial charge in [0.1, 0.15) is 17.6 Å². The van der Waals surface area contributed by atoms with Crippen LogP contribution in [-0.4, -0.2) is 19.8 Å². The Labute approximate surface area is 84.8 Å². The van der Waals surface area contributed by atoms with Crippen LogP contribution >= 0.6 is 0 Å². The summed E-state index contributed by atoms with van der Waals surface area (Å²) < 4.78 is 10.7. The standard InChI is InChI=1S/C11H17NO2/c1-3-9(8-12)14-11-6-4-5-10(7-11)13-2/h4-7,9H,3,8,12H2,1-2H3. The number of hydrogen-bond acceptors (Lipinski definition) is 3. The summed E-state index contributed by atoms with van der Waals surface area (Å²) in [6.07, 6.45) is 0.996. The third kappa shape index (κ3) is 2.92. The highest BCUT2D eigenvalue weighted by Crippen LogP contribution is 2.20. The molecule has 0 aromatic heterocycles. The molecule has 1 aromatic carbocycles. The van der Waals surface area contributed by atoms with Gasteiger partial charge in [-0.25, -0.2) is 0 Å². The van der Waals surface area contributed by atoms with Gasteiger partial charge in [0.2, 0.25) is 0 Å². The molecule has 0 amide bonds. The van der Waals surface area contributed by atoms with Gasteiger partial charge in [-0.3, -0.25) is 0 Å². The Kier molecular flexibility index (Phi) is 4.26. The number of ether oxygens (including phenoxy) is 2. The third-order valence-electron chi connectivity index (χ3n) is 2.06. The molecule has 1 aromatic rings. The first-order valence-electron chi connectivity index (χ1n) is 4.81. The number of methoxy groups -OCH3 is 1. The Morgan fingerprint density at radius 2 is 2.07 bits per heavy atom. The first-order chi connectivity index (χ1) is 6.80. The highest BCUT2D eigenvalue weighted by molar-refractivity contribution is 5.32. The van der Waals surface area contributed by atoms with E-state index in [1.807, 2.05) is 24.3 Å². The van der Waals surface area contributed by atoms with Gasteiger partial charge in [-0.1, -0.05) is 13.0 Å². The first-order valence-corrected chi connectivity index (χ1v) is 4.81.